The first-order valence-corrected chi connectivity index (χ1v) is 10.2. The Bertz CT molecular complexity index is 1070. The molecule has 0 radical (unpaired) electrons. The van der Waals surface area contributed by atoms with Gasteiger partial charge in [-0.2, -0.15) is 4.68 Å². The molecule has 0 fully saturated rings. The second-order valence-corrected chi connectivity index (χ2v) is 7.64. The van der Waals surface area contributed by atoms with Crippen molar-refractivity contribution in [1.29, 1.82) is 0 Å². The maximum Gasteiger partial charge on any atom is 0.340 e. The minimum absolute atomic E-state index is 0.0930. The van der Waals surface area contributed by atoms with Gasteiger partial charge < -0.3 is 9.72 Å². The first-order valence-electron chi connectivity index (χ1n) is 9.21. The van der Waals surface area contributed by atoms with Gasteiger partial charge in [0.1, 0.15) is 0 Å². The summed E-state index contributed by atoms with van der Waals surface area (Å²) in [5, 5.41) is 12.3. The zero-order valence-electron chi connectivity index (χ0n) is 17.1. The summed E-state index contributed by atoms with van der Waals surface area (Å²) in [5.41, 5.74) is 5.05. The highest BCUT2D eigenvalue weighted by Crippen LogP contribution is 2.25. The van der Waals surface area contributed by atoms with Gasteiger partial charge >= 0.3 is 5.97 Å². The molecule has 0 aliphatic carbocycles. The van der Waals surface area contributed by atoms with E-state index in [2.05, 4.69) is 20.5 Å². The summed E-state index contributed by atoms with van der Waals surface area (Å²) in [6, 6.07) is 5.93. The van der Waals surface area contributed by atoms with E-state index in [4.69, 9.17) is 4.74 Å². The lowest BCUT2D eigenvalue weighted by Gasteiger charge is -2.08. The molecule has 0 amide bonds. The molecule has 0 bridgehead atoms. The van der Waals surface area contributed by atoms with Crippen molar-refractivity contribution in [1.82, 2.24) is 25.2 Å². The van der Waals surface area contributed by atoms with Crippen LogP contribution in [0, 0.1) is 27.7 Å². The van der Waals surface area contributed by atoms with Gasteiger partial charge in [0.05, 0.1) is 29.2 Å². The molecule has 0 saturated heterocycles. The summed E-state index contributed by atoms with van der Waals surface area (Å²) in [5.74, 6) is -0.590. The molecule has 0 saturated carbocycles. The van der Waals surface area contributed by atoms with Gasteiger partial charge in [0, 0.05) is 11.4 Å². The molecule has 8 nitrogen and oxygen atoms in total. The van der Waals surface area contributed by atoms with Crippen LogP contribution < -0.4 is 0 Å². The van der Waals surface area contributed by atoms with Gasteiger partial charge in [0.15, 0.2) is 5.78 Å². The zero-order chi connectivity index (χ0) is 21.1. The molecule has 1 N–H and O–H groups in total. The number of aromatic amines is 1. The van der Waals surface area contributed by atoms with Crippen molar-refractivity contribution in [2.24, 2.45) is 0 Å². The average molecular weight is 414 g/mol. The number of aromatic nitrogens is 5. The molecule has 152 valence electrons. The van der Waals surface area contributed by atoms with Gasteiger partial charge in [-0.25, -0.2) is 4.79 Å². The van der Waals surface area contributed by atoms with Gasteiger partial charge in [0.25, 0.3) is 0 Å². The minimum Gasteiger partial charge on any atom is -0.462 e. The molecule has 2 aromatic heterocycles. The van der Waals surface area contributed by atoms with Crippen molar-refractivity contribution in [2.75, 3.05) is 12.4 Å². The first-order chi connectivity index (χ1) is 13.8. The van der Waals surface area contributed by atoms with E-state index in [9.17, 15) is 9.59 Å². The third-order valence-electron chi connectivity index (χ3n) is 4.64. The van der Waals surface area contributed by atoms with Crippen LogP contribution in [0.4, 0.5) is 0 Å². The van der Waals surface area contributed by atoms with Gasteiger partial charge in [-0.3, -0.25) is 4.79 Å². The molecule has 1 aromatic carbocycles. The topological polar surface area (TPSA) is 103 Å². The summed E-state index contributed by atoms with van der Waals surface area (Å²) in [4.78, 5) is 28.3. The average Bonchev–Trinajstić information content (AvgIpc) is 3.25. The Morgan fingerprint density at radius 1 is 1.10 bits per heavy atom. The molecule has 2 heterocycles. The van der Waals surface area contributed by atoms with E-state index in [0.29, 0.717) is 27.7 Å². The fraction of sp³-hybridized carbons (Fsp3) is 0.350. The molecule has 0 aliphatic heterocycles. The Hall–Kier alpha value is -2.94. The number of aryl methyl sites for hydroxylation is 4. The molecule has 9 heteroatoms. The van der Waals surface area contributed by atoms with Crippen LogP contribution in [0.1, 0.15) is 50.2 Å². The van der Waals surface area contributed by atoms with Crippen molar-refractivity contribution < 1.29 is 14.3 Å². The molecule has 0 aliphatic rings. The summed E-state index contributed by atoms with van der Waals surface area (Å²) >= 11 is 1.22. The quantitative estimate of drug-likeness (QED) is 0.360. The fourth-order valence-electron chi connectivity index (χ4n) is 3.08. The van der Waals surface area contributed by atoms with E-state index in [1.165, 1.54) is 17.3 Å². The largest absolute Gasteiger partial charge is 0.462 e. The van der Waals surface area contributed by atoms with Crippen LogP contribution >= 0.6 is 11.8 Å². The van der Waals surface area contributed by atoms with Crippen LogP contribution in [0.3, 0.4) is 0 Å². The maximum absolute atomic E-state index is 12.9. The van der Waals surface area contributed by atoms with Crippen LogP contribution in [-0.2, 0) is 4.74 Å². The Kier molecular flexibility index (Phi) is 6.17. The number of rotatable bonds is 7. The number of benzene rings is 1. The number of hydrogen-bond donors (Lipinski definition) is 1. The molecular formula is C20H23N5O3S. The standard InChI is InChI=1S/C20H23N5O3S/c1-6-28-19(27)18-14(5)21-13(4)17(18)16(26)10-29-20-22-23-24-25(20)15-8-7-11(2)12(3)9-15/h7-9,21H,6,10H2,1-5H3. The third-order valence-corrected chi connectivity index (χ3v) is 5.56. The lowest BCUT2D eigenvalue weighted by molar-refractivity contribution is 0.0522. The van der Waals surface area contributed by atoms with E-state index in [0.717, 1.165) is 11.3 Å². The van der Waals surface area contributed by atoms with E-state index in [-0.39, 0.29) is 18.1 Å². The molecule has 0 atom stereocenters. The van der Waals surface area contributed by atoms with Crippen LogP contribution in [-0.4, -0.2) is 49.3 Å². The first kappa shape index (κ1) is 20.8. The molecule has 0 spiro atoms. The number of hydrogen-bond acceptors (Lipinski definition) is 7. The zero-order valence-corrected chi connectivity index (χ0v) is 17.9. The molecule has 29 heavy (non-hydrogen) atoms. The summed E-state index contributed by atoms with van der Waals surface area (Å²) in [6.07, 6.45) is 0. The minimum atomic E-state index is -0.498. The Labute approximate surface area is 173 Å². The van der Waals surface area contributed by atoms with Crippen molar-refractivity contribution in [2.45, 2.75) is 39.8 Å². The number of carbonyl (C=O) groups excluding carboxylic acids is 2. The van der Waals surface area contributed by atoms with Crippen molar-refractivity contribution in [3.8, 4) is 5.69 Å². The number of H-pyrrole nitrogens is 1. The van der Waals surface area contributed by atoms with Crippen molar-refractivity contribution >= 4 is 23.5 Å². The smallest absolute Gasteiger partial charge is 0.340 e. The maximum atomic E-state index is 12.9. The lowest BCUT2D eigenvalue weighted by Crippen LogP contribution is -2.13. The van der Waals surface area contributed by atoms with Crippen LogP contribution in [0.25, 0.3) is 5.69 Å². The number of nitrogens with zero attached hydrogens (tertiary/aromatic N) is 4. The summed E-state index contributed by atoms with van der Waals surface area (Å²) < 4.78 is 6.71. The number of esters is 1. The van der Waals surface area contributed by atoms with E-state index in [1.54, 1.807) is 25.5 Å². The van der Waals surface area contributed by atoms with Crippen LogP contribution in [0.15, 0.2) is 23.4 Å². The number of carbonyl (C=O) groups is 2. The predicted octanol–water partition coefficient (Wildman–Crippen LogP) is 3.38. The SMILES string of the molecule is CCOC(=O)c1c(C)[nH]c(C)c1C(=O)CSc1nnnn1-c1ccc(C)c(C)c1. The Balaban J connectivity index is 1.82. The number of nitrogens with one attached hydrogen (secondary N) is 1. The van der Waals surface area contributed by atoms with Crippen molar-refractivity contribution in [3.63, 3.8) is 0 Å². The Morgan fingerprint density at radius 2 is 1.83 bits per heavy atom. The van der Waals surface area contributed by atoms with E-state index >= 15 is 0 Å². The highest BCUT2D eigenvalue weighted by atomic mass is 32.2. The highest BCUT2D eigenvalue weighted by molar-refractivity contribution is 7.99. The summed E-state index contributed by atoms with van der Waals surface area (Å²) in [6.45, 7) is 9.56. The number of ketones is 1. The number of thioether (sulfide) groups is 1. The normalized spacial score (nSPS) is 10.9. The molecule has 3 aromatic rings. The third kappa shape index (κ3) is 4.24. The second kappa shape index (κ2) is 8.60. The fourth-order valence-corrected chi connectivity index (χ4v) is 3.84. The number of Topliss-reactive ketones (excluding diaryl/α,β-unsaturated/α-hetero) is 1. The molecular weight excluding hydrogens is 390 g/mol. The van der Waals surface area contributed by atoms with Gasteiger partial charge in [-0.15, -0.1) is 5.10 Å². The molecule has 3 rings (SSSR count). The van der Waals surface area contributed by atoms with Gasteiger partial charge in [0.2, 0.25) is 5.16 Å². The predicted molar refractivity (Wildman–Crippen MR) is 110 cm³/mol. The lowest BCUT2D eigenvalue weighted by atomic mass is 10.1. The van der Waals surface area contributed by atoms with Crippen LogP contribution in [0.2, 0.25) is 0 Å². The molecule has 0 unspecified atom stereocenters. The summed E-state index contributed by atoms with van der Waals surface area (Å²) in [7, 11) is 0. The Morgan fingerprint density at radius 3 is 2.52 bits per heavy atom. The highest BCUT2D eigenvalue weighted by Gasteiger charge is 2.25. The van der Waals surface area contributed by atoms with Crippen molar-refractivity contribution in [3.05, 3.63) is 51.8 Å². The van der Waals surface area contributed by atoms with Gasteiger partial charge in [-0.1, -0.05) is 17.8 Å². The van der Waals surface area contributed by atoms with E-state index in [1.807, 2.05) is 32.0 Å². The second-order valence-electron chi connectivity index (χ2n) is 6.70. The van der Waals surface area contributed by atoms with E-state index < -0.39 is 5.97 Å². The van der Waals surface area contributed by atoms with Gasteiger partial charge in [-0.05, 0) is 68.3 Å². The monoisotopic (exact) mass is 413 g/mol. The van der Waals surface area contributed by atoms with Crippen LogP contribution in [0.5, 0.6) is 0 Å². The number of tetrazole rings is 1. The number of ether oxygens (including phenoxy) is 1.